The summed E-state index contributed by atoms with van der Waals surface area (Å²) in [4.78, 5) is 29.0. The number of H-pyrrole nitrogens is 1. The molecular formula is C24H22N4O4. The zero-order chi connectivity index (χ0) is 22.7. The van der Waals surface area contributed by atoms with E-state index < -0.39 is 11.0 Å². The fourth-order valence-electron chi connectivity index (χ4n) is 4.19. The summed E-state index contributed by atoms with van der Waals surface area (Å²) in [6.45, 7) is 2.63. The van der Waals surface area contributed by atoms with Crippen LogP contribution in [0, 0.1) is 21.4 Å². The summed E-state index contributed by atoms with van der Waals surface area (Å²) in [6, 6.07) is 15.8. The van der Waals surface area contributed by atoms with Crippen molar-refractivity contribution < 1.29 is 14.5 Å². The molecule has 0 fully saturated rings. The number of nitro benzene ring substituents is 1. The minimum absolute atomic E-state index is 0.0706. The molecule has 2 aromatic carbocycles. The van der Waals surface area contributed by atoms with E-state index in [0.29, 0.717) is 24.1 Å². The van der Waals surface area contributed by atoms with E-state index in [1.54, 1.807) is 25.1 Å². The van der Waals surface area contributed by atoms with Crippen molar-refractivity contribution in [3.05, 3.63) is 81.0 Å². The molecule has 0 aliphatic carbocycles. The molecule has 0 spiro atoms. The first-order valence-electron chi connectivity index (χ1n) is 10.3. The van der Waals surface area contributed by atoms with Crippen molar-refractivity contribution in [2.75, 3.05) is 13.2 Å². The third-order valence-electron chi connectivity index (χ3n) is 5.64. The smallest absolute Gasteiger partial charge is 0.323 e. The lowest BCUT2D eigenvalue weighted by Crippen LogP contribution is -2.47. The molecule has 8 heteroatoms. The second kappa shape index (κ2) is 9.04. The lowest BCUT2D eigenvalue weighted by molar-refractivity contribution is -0.385. The average molecular weight is 430 g/mol. The quantitative estimate of drug-likeness (QED) is 0.274. The molecule has 0 radical (unpaired) electrons. The third kappa shape index (κ3) is 4.11. The summed E-state index contributed by atoms with van der Waals surface area (Å²) in [5, 5.41) is 22.2. The van der Waals surface area contributed by atoms with Gasteiger partial charge < -0.3 is 9.72 Å². The number of fused-ring (bicyclic) bond motifs is 3. The highest BCUT2D eigenvalue weighted by atomic mass is 16.6. The molecule has 32 heavy (non-hydrogen) atoms. The molecule has 1 N–H and O–H groups in total. The number of aromatic nitrogens is 1. The number of nitrogens with zero attached hydrogens (tertiary/aromatic N) is 3. The second-order valence-electron chi connectivity index (χ2n) is 7.60. The Bertz CT molecular complexity index is 1250. The summed E-state index contributed by atoms with van der Waals surface area (Å²) in [5.74, 6) is -0.341. The molecule has 1 aliphatic heterocycles. The number of aromatic amines is 1. The normalized spacial score (nSPS) is 16.4. The Morgan fingerprint density at radius 2 is 2.06 bits per heavy atom. The van der Waals surface area contributed by atoms with Crippen LogP contribution in [-0.2, 0) is 22.5 Å². The molecule has 0 unspecified atom stereocenters. The summed E-state index contributed by atoms with van der Waals surface area (Å²) in [5.41, 5.74) is 3.68. The van der Waals surface area contributed by atoms with Gasteiger partial charge in [-0.3, -0.25) is 19.8 Å². The van der Waals surface area contributed by atoms with Gasteiger partial charge in [0, 0.05) is 47.7 Å². The number of hydrogen-bond acceptors (Lipinski definition) is 6. The van der Waals surface area contributed by atoms with Gasteiger partial charge in [0.2, 0.25) is 0 Å². The fourth-order valence-corrected chi connectivity index (χ4v) is 4.19. The first-order chi connectivity index (χ1) is 15.5. The lowest BCUT2D eigenvalue weighted by Gasteiger charge is -2.33. The number of nitro groups is 1. The Hall–Kier alpha value is -3.96. The zero-order valence-corrected chi connectivity index (χ0v) is 17.6. The number of hydrogen-bond donors (Lipinski definition) is 1. The van der Waals surface area contributed by atoms with Crippen LogP contribution in [0.3, 0.4) is 0 Å². The van der Waals surface area contributed by atoms with Crippen molar-refractivity contribution in [2.45, 2.75) is 25.9 Å². The summed E-state index contributed by atoms with van der Waals surface area (Å²) >= 11 is 0. The van der Waals surface area contributed by atoms with E-state index in [4.69, 9.17) is 4.74 Å². The number of rotatable bonds is 6. The summed E-state index contributed by atoms with van der Waals surface area (Å²) in [6.07, 6.45) is 1.98. The molecule has 4 rings (SSSR count). The molecule has 1 atom stereocenters. The molecule has 1 aromatic heterocycles. The van der Waals surface area contributed by atoms with E-state index in [1.165, 1.54) is 12.1 Å². The van der Waals surface area contributed by atoms with Crippen LogP contribution in [0.25, 0.3) is 17.0 Å². The van der Waals surface area contributed by atoms with Crippen LogP contribution in [0.4, 0.5) is 5.69 Å². The molecule has 162 valence electrons. The second-order valence-corrected chi connectivity index (χ2v) is 7.60. The standard InChI is InChI=1S/C24H22N4O4/c1-2-32-24(29)23-12-19-18-8-4-5-9-20(18)26-21(19)15-27(23)14-16(13-25)11-17-7-3-6-10-22(17)28(30)31/h3-11,23,26H,2,12,14-15H2,1H3/b16-11+/t23-/m0/s1. The van der Waals surface area contributed by atoms with E-state index in [2.05, 4.69) is 11.1 Å². The lowest BCUT2D eigenvalue weighted by atomic mass is 9.96. The number of carbonyl (C=O) groups excluding carboxylic acids is 1. The number of nitriles is 1. The molecule has 0 saturated carbocycles. The van der Waals surface area contributed by atoms with E-state index in [0.717, 1.165) is 22.2 Å². The van der Waals surface area contributed by atoms with E-state index in [9.17, 15) is 20.2 Å². The fraction of sp³-hybridized carbons (Fsp3) is 0.250. The van der Waals surface area contributed by atoms with Crippen LogP contribution in [0.1, 0.15) is 23.7 Å². The maximum Gasteiger partial charge on any atom is 0.323 e. The van der Waals surface area contributed by atoms with Crippen LogP contribution in [0.5, 0.6) is 0 Å². The van der Waals surface area contributed by atoms with Crippen LogP contribution >= 0.6 is 0 Å². The maximum absolute atomic E-state index is 12.8. The number of esters is 1. The Morgan fingerprint density at radius 1 is 1.31 bits per heavy atom. The molecule has 0 amide bonds. The SMILES string of the molecule is CCOC(=O)[C@@H]1Cc2c([nH]c3ccccc23)CN1C/C(C#N)=C/c1ccccc1[N+](=O)[O-]. The van der Waals surface area contributed by atoms with Gasteiger partial charge in [-0.15, -0.1) is 0 Å². The Morgan fingerprint density at radius 3 is 2.81 bits per heavy atom. The highest BCUT2D eigenvalue weighted by Crippen LogP contribution is 2.31. The molecule has 3 aromatic rings. The van der Waals surface area contributed by atoms with Gasteiger partial charge in [-0.2, -0.15) is 5.26 Å². The first kappa shape index (κ1) is 21.3. The van der Waals surface area contributed by atoms with Crippen LogP contribution in [0.2, 0.25) is 0 Å². The topological polar surface area (TPSA) is 112 Å². The molecule has 1 aliphatic rings. The summed E-state index contributed by atoms with van der Waals surface area (Å²) < 4.78 is 5.32. The van der Waals surface area contributed by atoms with Crippen molar-refractivity contribution in [3.8, 4) is 6.07 Å². The van der Waals surface area contributed by atoms with Gasteiger partial charge in [0.15, 0.2) is 0 Å². The van der Waals surface area contributed by atoms with Gasteiger partial charge in [-0.1, -0.05) is 30.3 Å². The molecule has 8 nitrogen and oxygen atoms in total. The average Bonchev–Trinajstić information content (AvgIpc) is 3.15. The molecule has 0 saturated heterocycles. The third-order valence-corrected chi connectivity index (χ3v) is 5.64. The number of para-hydroxylation sites is 2. The number of benzene rings is 2. The van der Waals surface area contributed by atoms with E-state index >= 15 is 0 Å². The highest BCUT2D eigenvalue weighted by molar-refractivity contribution is 5.86. The Labute approximate surface area is 184 Å². The molecule has 2 heterocycles. The van der Waals surface area contributed by atoms with Crippen molar-refractivity contribution in [1.29, 1.82) is 5.26 Å². The molecule has 0 bridgehead atoms. The van der Waals surface area contributed by atoms with Gasteiger partial charge in [-0.05, 0) is 30.7 Å². The highest BCUT2D eigenvalue weighted by Gasteiger charge is 2.35. The predicted molar refractivity (Wildman–Crippen MR) is 120 cm³/mol. The van der Waals surface area contributed by atoms with Crippen LogP contribution < -0.4 is 0 Å². The van der Waals surface area contributed by atoms with E-state index in [-0.39, 0.29) is 24.8 Å². The number of carbonyl (C=O) groups is 1. The van der Waals surface area contributed by atoms with Crippen molar-refractivity contribution in [2.24, 2.45) is 0 Å². The van der Waals surface area contributed by atoms with Gasteiger partial charge in [-0.25, -0.2) is 0 Å². The van der Waals surface area contributed by atoms with Crippen LogP contribution in [-0.4, -0.2) is 40.0 Å². The Balaban J connectivity index is 1.69. The Kier molecular flexibility index (Phi) is 6.01. The van der Waals surface area contributed by atoms with Gasteiger partial charge in [0.25, 0.3) is 5.69 Å². The molecular weight excluding hydrogens is 408 g/mol. The van der Waals surface area contributed by atoms with Crippen molar-refractivity contribution in [1.82, 2.24) is 9.88 Å². The van der Waals surface area contributed by atoms with Gasteiger partial charge >= 0.3 is 5.97 Å². The largest absolute Gasteiger partial charge is 0.465 e. The maximum atomic E-state index is 12.8. The van der Waals surface area contributed by atoms with Crippen molar-refractivity contribution in [3.63, 3.8) is 0 Å². The summed E-state index contributed by atoms with van der Waals surface area (Å²) in [7, 11) is 0. The van der Waals surface area contributed by atoms with Crippen LogP contribution in [0.15, 0.2) is 54.1 Å². The van der Waals surface area contributed by atoms with Gasteiger partial charge in [0.1, 0.15) is 6.04 Å². The van der Waals surface area contributed by atoms with E-state index in [1.807, 2.05) is 29.2 Å². The number of ether oxygens (including phenoxy) is 1. The van der Waals surface area contributed by atoms with Crippen molar-refractivity contribution >= 4 is 28.6 Å². The first-order valence-corrected chi connectivity index (χ1v) is 10.3. The minimum atomic E-state index is -0.552. The zero-order valence-electron chi connectivity index (χ0n) is 17.6. The predicted octanol–water partition coefficient (Wildman–Crippen LogP) is 3.97. The monoisotopic (exact) mass is 430 g/mol. The number of nitrogens with one attached hydrogen (secondary N) is 1. The minimum Gasteiger partial charge on any atom is -0.465 e. The van der Waals surface area contributed by atoms with Gasteiger partial charge in [0.05, 0.1) is 23.2 Å².